The SMILES string of the molecule is CCCC[C@H](NC(=O)[C@H](Cc1ccc(OS(=O)(=O)O)cc1)NC(=O)OC(C)(C)C)C(=O)NCC(=O)N[C@H](Cc1c[nH]c2ccccc12)C(=O)N[C@@H](CCCC)C(=O)N[C@@H](CC(=O)O)C(=O)NCCc1ccccc1. The van der Waals surface area contributed by atoms with Crippen molar-refractivity contribution in [3.8, 4) is 5.75 Å². The number of aromatic amines is 1. The summed E-state index contributed by atoms with van der Waals surface area (Å²) in [5.41, 5.74) is 1.79. The molecule has 0 fully saturated rings. The van der Waals surface area contributed by atoms with Gasteiger partial charge >= 0.3 is 22.5 Å². The molecular weight excluding hydrogens is 981 g/mol. The molecule has 0 saturated heterocycles. The van der Waals surface area contributed by atoms with Crippen molar-refractivity contribution in [2.45, 2.75) is 135 Å². The zero-order chi connectivity index (χ0) is 54.4. The van der Waals surface area contributed by atoms with E-state index in [1.54, 1.807) is 33.0 Å². The first-order valence-electron chi connectivity index (χ1n) is 24.4. The van der Waals surface area contributed by atoms with Gasteiger partial charge in [-0.05, 0) is 74.9 Å². The van der Waals surface area contributed by atoms with Gasteiger partial charge in [0.1, 0.15) is 41.6 Å². The number of aliphatic carboxylic acids is 1. The molecule has 1 aromatic heterocycles. The highest BCUT2D eigenvalue weighted by molar-refractivity contribution is 7.81. The first kappa shape index (κ1) is 59.0. The second-order valence-corrected chi connectivity index (χ2v) is 19.6. The summed E-state index contributed by atoms with van der Waals surface area (Å²) in [6.07, 6.45) is 2.55. The monoisotopic (exact) mass is 1050 g/mol. The number of hydrogen-bond acceptors (Lipinski definition) is 12. The Morgan fingerprint density at radius 3 is 1.78 bits per heavy atom. The lowest BCUT2D eigenvalue weighted by molar-refractivity contribution is -0.141. The van der Waals surface area contributed by atoms with Gasteiger partial charge in [-0.15, -0.1) is 0 Å². The van der Waals surface area contributed by atoms with Crippen LogP contribution in [0.15, 0.2) is 85.1 Å². The number of amides is 7. The van der Waals surface area contributed by atoms with E-state index < -0.39 is 107 Å². The maximum Gasteiger partial charge on any atom is 0.446 e. The third-order valence-electron chi connectivity index (χ3n) is 11.3. The van der Waals surface area contributed by atoms with E-state index in [1.165, 1.54) is 24.3 Å². The van der Waals surface area contributed by atoms with Crippen molar-refractivity contribution in [3.63, 3.8) is 0 Å². The van der Waals surface area contributed by atoms with Gasteiger partial charge < -0.3 is 56.2 Å². The van der Waals surface area contributed by atoms with Crippen LogP contribution >= 0.6 is 0 Å². The number of benzene rings is 3. The number of carbonyl (C=O) groups excluding carboxylic acids is 7. The number of nitrogens with one attached hydrogen (secondary N) is 8. The van der Waals surface area contributed by atoms with Crippen molar-refractivity contribution in [1.29, 1.82) is 0 Å². The average molecular weight is 1050 g/mol. The van der Waals surface area contributed by atoms with Gasteiger partial charge in [0.15, 0.2) is 0 Å². The predicted molar refractivity (Wildman–Crippen MR) is 273 cm³/mol. The Kier molecular flexibility index (Phi) is 22.9. The number of carboxylic acid groups (broad SMARTS) is 1. The fraction of sp³-hybridized carbons (Fsp3) is 0.451. The lowest BCUT2D eigenvalue weighted by atomic mass is 10.0. The van der Waals surface area contributed by atoms with Gasteiger partial charge in [-0.3, -0.25) is 38.1 Å². The lowest BCUT2D eigenvalue weighted by Crippen LogP contribution is -2.58. The molecule has 7 amide bonds. The third-order valence-corrected chi connectivity index (χ3v) is 11.7. The highest BCUT2D eigenvalue weighted by Gasteiger charge is 2.33. The van der Waals surface area contributed by atoms with Crippen LogP contribution in [0.5, 0.6) is 5.75 Å². The molecule has 0 unspecified atom stereocenters. The summed E-state index contributed by atoms with van der Waals surface area (Å²) in [5, 5.41) is 28.6. The zero-order valence-electron chi connectivity index (χ0n) is 42.2. The summed E-state index contributed by atoms with van der Waals surface area (Å²) in [5.74, 6) is -6.26. The Morgan fingerprint density at radius 2 is 1.19 bits per heavy atom. The number of fused-ring (bicyclic) bond motifs is 1. The van der Waals surface area contributed by atoms with Gasteiger partial charge in [0, 0.05) is 36.5 Å². The molecule has 0 saturated carbocycles. The van der Waals surface area contributed by atoms with E-state index in [9.17, 15) is 51.9 Å². The predicted octanol–water partition coefficient (Wildman–Crippen LogP) is 3.30. The molecule has 5 atom stereocenters. The smallest absolute Gasteiger partial charge is 0.446 e. The van der Waals surface area contributed by atoms with Crippen molar-refractivity contribution < 1.29 is 65.4 Å². The van der Waals surface area contributed by atoms with Crippen LogP contribution in [0.3, 0.4) is 0 Å². The van der Waals surface area contributed by atoms with Gasteiger partial charge in [0.25, 0.3) is 0 Å². The van der Waals surface area contributed by atoms with Crippen molar-refractivity contribution in [3.05, 3.63) is 102 Å². The van der Waals surface area contributed by atoms with Crippen LogP contribution in [0.25, 0.3) is 10.9 Å². The van der Waals surface area contributed by atoms with Gasteiger partial charge in [-0.2, -0.15) is 8.42 Å². The highest BCUT2D eigenvalue weighted by Crippen LogP contribution is 2.20. The Morgan fingerprint density at radius 1 is 0.635 bits per heavy atom. The van der Waals surface area contributed by atoms with Crippen LogP contribution in [0.4, 0.5) is 4.79 Å². The molecule has 74 heavy (non-hydrogen) atoms. The maximum absolute atomic E-state index is 14.3. The molecule has 4 rings (SSSR count). The Bertz CT molecular complexity index is 2660. The Labute approximate surface area is 430 Å². The number of hydrogen-bond donors (Lipinski definition) is 10. The molecule has 0 spiro atoms. The van der Waals surface area contributed by atoms with Crippen LogP contribution in [0.1, 0.15) is 96.3 Å². The average Bonchev–Trinajstić information content (AvgIpc) is 3.74. The summed E-state index contributed by atoms with van der Waals surface area (Å²) in [4.78, 5) is 111. The number of unbranched alkanes of at least 4 members (excludes halogenated alkanes) is 2. The number of carbonyl (C=O) groups is 8. The molecule has 1 heterocycles. The number of para-hydroxylation sites is 1. The lowest BCUT2D eigenvalue weighted by Gasteiger charge is -2.26. The quantitative estimate of drug-likeness (QED) is 0.0349. The first-order valence-corrected chi connectivity index (χ1v) is 25.7. The molecule has 10 N–H and O–H groups in total. The summed E-state index contributed by atoms with van der Waals surface area (Å²) >= 11 is 0. The number of aromatic nitrogens is 1. The van der Waals surface area contributed by atoms with Crippen LogP contribution in [0.2, 0.25) is 0 Å². The minimum atomic E-state index is -4.81. The summed E-state index contributed by atoms with van der Waals surface area (Å²) in [6.45, 7) is 8.10. The Hall–Kier alpha value is -7.53. The molecule has 4 aromatic rings. The van der Waals surface area contributed by atoms with Gasteiger partial charge in [-0.25, -0.2) is 4.79 Å². The molecule has 0 radical (unpaired) electrons. The summed E-state index contributed by atoms with van der Waals surface area (Å²) < 4.78 is 41.2. The van der Waals surface area contributed by atoms with E-state index in [-0.39, 0.29) is 38.0 Å². The van der Waals surface area contributed by atoms with Gasteiger partial charge in [0.05, 0.1) is 13.0 Å². The van der Waals surface area contributed by atoms with E-state index in [4.69, 9.17) is 9.29 Å². The van der Waals surface area contributed by atoms with Crippen LogP contribution in [-0.2, 0) is 68.0 Å². The third kappa shape index (κ3) is 20.9. The number of alkyl carbamates (subject to hydrolysis) is 1. The zero-order valence-corrected chi connectivity index (χ0v) is 43.0. The largest absolute Gasteiger partial charge is 0.481 e. The maximum atomic E-state index is 14.3. The van der Waals surface area contributed by atoms with Crippen molar-refractivity contribution in [2.24, 2.45) is 0 Å². The molecule has 0 aliphatic carbocycles. The van der Waals surface area contributed by atoms with E-state index in [0.717, 1.165) is 16.5 Å². The standard InChI is InChI=1S/C51H68N8O14S/c1-6-8-18-38(56-48(66)40(59-50(68)72-51(3,4)5)27-33-21-23-35(24-22-33)73-74(69,70)71)45(63)54-31-43(60)55-41(28-34-30-53-37-20-14-13-17-36(34)37)49(67)57-39(19-9-7-2)47(65)58-42(29-44(61)62)46(64)52-26-25-32-15-11-10-12-16-32/h10-17,20-24,30,38-42,53H,6-9,18-19,25-29,31H2,1-5H3,(H,52,64)(H,54,63)(H,55,60)(H,56,66)(H,57,67)(H,58,65)(H,59,68)(H,61,62)(H,69,70,71)/t38-,39-,40-,41+,42-/m0/s1. The molecular formula is C51H68N8O14S. The van der Waals surface area contributed by atoms with Crippen LogP contribution in [0, 0.1) is 0 Å². The number of carboxylic acids is 1. The topological polar surface area (TPSA) is 330 Å². The molecule has 402 valence electrons. The van der Waals surface area contributed by atoms with Gasteiger partial charge in [0.2, 0.25) is 35.4 Å². The summed E-state index contributed by atoms with van der Waals surface area (Å²) in [7, 11) is -4.81. The molecule has 22 nitrogen and oxygen atoms in total. The second kappa shape index (κ2) is 28.6. The van der Waals surface area contributed by atoms with Gasteiger partial charge in [-0.1, -0.05) is 100 Å². The fourth-order valence-corrected chi connectivity index (χ4v) is 7.97. The number of rotatable bonds is 29. The second-order valence-electron chi connectivity index (χ2n) is 18.6. The minimum Gasteiger partial charge on any atom is -0.481 e. The molecule has 0 bridgehead atoms. The van der Waals surface area contributed by atoms with Crippen molar-refractivity contribution in [2.75, 3.05) is 13.1 Å². The number of ether oxygens (including phenoxy) is 1. The first-order chi connectivity index (χ1) is 35.0. The fourth-order valence-electron chi connectivity index (χ4n) is 7.62. The van der Waals surface area contributed by atoms with Crippen LogP contribution in [-0.4, -0.2) is 119 Å². The molecule has 0 aliphatic rings. The van der Waals surface area contributed by atoms with E-state index in [0.29, 0.717) is 43.2 Å². The van der Waals surface area contributed by atoms with Crippen molar-refractivity contribution >= 4 is 68.8 Å². The minimum absolute atomic E-state index is 0.0827. The van der Waals surface area contributed by atoms with E-state index in [1.807, 2.05) is 62.4 Å². The molecule has 23 heteroatoms. The molecule has 0 aliphatic heterocycles. The Balaban J connectivity index is 1.51. The van der Waals surface area contributed by atoms with Crippen LogP contribution < -0.4 is 41.4 Å². The summed E-state index contributed by atoms with van der Waals surface area (Å²) in [6, 6.07) is 15.2. The van der Waals surface area contributed by atoms with Crippen molar-refractivity contribution in [1.82, 2.24) is 42.2 Å². The van der Waals surface area contributed by atoms with E-state index >= 15 is 0 Å². The molecule has 3 aromatic carbocycles. The highest BCUT2D eigenvalue weighted by atomic mass is 32.3. The van der Waals surface area contributed by atoms with E-state index in [2.05, 4.69) is 46.4 Å². The number of H-pyrrole nitrogens is 1. The normalized spacial score (nSPS) is 13.4.